The number of rotatable bonds is 8. The Morgan fingerprint density at radius 3 is 2.49 bits per heavy atom. The molecule has 1 amide bonds. The average Bonchev–Trinajstić information content (AvgIpc) is 3.18. The van der Waals surface area contributed by atoms with E-state index in [1.165, 1.54) is 18.2 Å². The highest BCUT2D eigenvalue weighted by molar-refractivity contribution is 5.94. The summed E-state index contributed by atoms with van der Waals surface area (Å²) in [5, 5.41) is 4.69. The lowest BCUT2D eigenvalue weighted by molar-refractivity contribution is -0.140. The monoisotopic (exact) mass is 473 g/mol. The molecule has 1 aromatic heterocycles. The van der Waals surface area contributed by atoms with E-state index in [2.05, 4.69) is 41.2 Å². The smallest absolute Gasteiger partial charge is 0.305 e. The molecular formula is C29H35N3O3. The van der Waals surface area contributed by atoms with Crippen molar-refractivity contribution >= 4 is 11.9 Å². The highest BCUT2D eigenvalue weighted by atomic mass is 16.5. The van der Waals surface area contributed by atoms with Crippen LogP contribution in [0.5, 0.6) is 0 Å². The van der Waals surface area contributed by atoms with Gasteiger partial charge in [0.1, 0.15) is 0 Å². The van der Waals surface area contributed by atoms with Crippen LogP contribution in [0.25, 0.3) is 5.69 Å². The standard InChI is InChI=1S/C29H35N3O3/c1-5-18-31(26-15-10-22-8-6-7-9-24(22)19-26)29(34)23-11-13-25(14-12-23)32-21(3)27(20(2)30-32)16-17-28(33)35-4/h6-9,11-14,26H,5,10,15-19H2,1-4H3. The Kier molecular flexibility index (Phi) is 7.69. The average molecular weight is 474 g/mol. The Bertz CT molecular complexity index is 1200. The number of hydrogen-bond donors (Lipinski definition) is 0. The van der Waals surface area contributed by atoms with E-state index in [0.29, 0.717) is 18.4 Å². The third-order valence-corrected chi connectivity index (χ3v) is 7.09. The maximum Gasteiger partial charge on any atom is 0.305 e. The van der Waals surface area contributed by atoms with Crippen LogP contribution in [0.1, 0.15) is 64.6 Å². The Morgan fingerprint density at radius 2 is 1.80 bits per heavy atom. The Labute approximate surface area is 207 Å². The maximum absolute atomic E-state index is 13.6. The van der Waals surface area contributed by atoms with Crippen LogP contribution in [0.2, 0.25) is 0 Å². The molecule has 2 aromatic carbocycles. The molecule has 0 saturated heterocycles. The molecule has 1 atom stereocenters. The van der Waals surface area contributed by atoms with Crippen LogP contribution >= 0.6 is 0 Å². The zero-order valence-electron chi connectivity index (χ0n) is 21.2. The number of esters is 1. The number of aryl methyl sites for hydroxylation is 2. The highest BCUT2D eigenvalue weighted by Crippen LogP contribution is 2.26. The zero-order chi connectivity index (χ0) is 24.9. The Hall–Kier alpha value is -3.41. The maximum atomic E-state index is 13.6. The molecule has 0 spiro atoms. The zero-order valence-corrected chi connectivity index (χ0v) is 21.2. The molecular weight excluding hydrogens is 438 g/mol. The molecule has 0 fully saturated rings. The van der Waals surface area contributed by atoms with Gasteiger partial charge in [0.15, 0.2) is 0 Å². The molecule has 1 aliphatic rings. The van der Waals surface area contributed by atoms with E-state index in [9.17, 15) is 9.59 Å². The summed E-state index contributed by atoms with van der Waals surface area (Å²) in [6.07, 6.45) is 4.79. The molecule has 0 N–H and O–H groups in total. The summed E-state index contributed by atoms with van der Waals surface area (Å²) in [5.74, 6) is -0.132. The summed E-state index contributed by atoms with van der Waals surface area (Å²) in [4.78, 5) is 27.2. The summed E-state index contributed by atoms with van der Waals surface area (Å²) in [5.41, 5.74) is 7.33. The number of methoxy groups -OCH3 is 1. The fraction of sp³-hybridized carbons (Fsp3) is 0.414. The second-order valence-corrected chi connectivity index (χ2v) is 9.35. The van der Waals surface area contributed by atoms with Crippen molar-refractivity contribution in [3.63, 3.8) is 0 Å². The molecule has 184 valence electrons. The van der Waals surface area contributed by atoms with Gasteiger partial charge < -0.3 is 9.64 Å². The van der Waals surface area contributed by atoms with Gasteiger partial charge >= 0.3 is 5.97 Å². The lowest BCUT2D eigenvalue weighted by Gasteiger charge is -2.35. The molecule has 0 radical (unpaired) electrons. The fourth-order valence-corrected chi connectivity index (χ4v) is 5.16. The quantitative estimate of drug-likeness (QED) is 0.432. The van der Waals surface area contributed by atoms with E-state index in [1.807, 2.05) is 42.8 Å². The largest absolute Gasteiger partial charge is 0.469 e. The first kappa shape index (κ1) is 24.7. The normalized spacial score (nSPS) is 14.9. The molecule has 1 unspecified atom stereocenters. The van der Waals surface area contributed by atoms with Crippen molar-refractivity contribution in [1.29, 1.82) is 0 Å². The minimum absolute atomic E-state index is 0.0925. The van der Waals surface area contributed by atoms with Crippen molar-refractivity contribution in [2.24, 2.45) is 0 Å². The molecule has 0 saturated carbocycles. The molecule has 3 aromatic rings. The van der Waals surface area contributed by atoms with Gasteiger partial charge in [-0.2, -0.15) is 5.10 Å². The molecule has 35 heavy (non-hydrogen) atoms. The van der Waals surface area contributed by atoms with Gasteiger partial charge in [0.05, 0.1) is 18.5 Å². The number of aromatic nitrogens is 2. The first-order valence-electron chi connectivity index (χ1n) is 12.5. The lowest BCUT2D eigenvalue weighted by atomic mass is 9.87. The van der Waals surface area contributed by atoms with Crippen LogP contribution in [-0.2, 0) is 28.8 Å². The van der Waals surface area contributed by atoms with Crippen molar-refractivity contribution in [2.45, 2.75) is 65.3 Å². The summed E-state index contributed by atoms with van der Waals surface area (Å²) in [6, 6.07) is 16.5. The van der Waals surface area contributed by atoms with Crippen molar-refractivity contribution in [3.05, 3.63) is 82.2 Å². The number of carbonyl (C=O) groups is 2. The van der Waals surface area contributed by atoms with Gasteiger partial charge in [-0.1, -0.05) is 31.2 Å². The minimum atomic E-state index is -0.225. The summed E-state index contributed by atoms with van der Waals surface area (Å²) >= 11 is 0. The van der Waals surface area contributed by atoms with Crippen LogP contribution in [0, 0.1) is 13.8 Å². The molecule has 6 heteroatoms. The van der Waals surface area contributed by atoms with Crippen molar-refractivity contribution in [1.82, 2.24) is 14.7 Å². The van der Waals surface area contributed by atoms with E-state index in [4.69, 9.17) is 4.74 Å². The van der Waals surface area contributed by atoms with Crippen LogP contribution in [0.3, 0.4) is 0 Å². The molecule has 6 nitrogen and oxygen atoms in total. The number of nitrogens with zero attached hydrogens (tertiary/aromatic N) is 3. The number of benzene rings is 2. The first-order valence-corrected chi connectivity index (χ1v) is 12.5. The summed E-state index contributed by atoms with van der Waals surface area (Å²) < 4.78 is 6.66. The van der Waals surface area contributed by atoms with Crippen LogP contribution in [-0.4, -0.2) is 46.3 Å². The number of fused-ring (bicyclic) bond motifs is 1. The van der Waals surface area contributed by atoms with Gasteiger partial charge in [-0.05, 0) is 86.9 Å². The van der Waals surface area contributed by atoms with Gasteiger partial charge in [0.2, 0.25) is 0 Å². The minimum Gasteiger partial charge on any atom is -0.469 e. The van der Waals surface area contributed by atoms with E-state index >= 15 is 0 Å². The Morgan fingerprint density at radius 1 is 1.09 bits per heavy atom. The fourth-order valence-electron chi connectivity index (χ4n) is 5.16. The van der Waals surface area contributed by atoms with Gasteiger partial charge in [-0.25, -0.2) is 4.68 Å². The second-order valence-electron chi connectivity index (χ2n) is 9.35. The SMILES string of the molecule is CCCN(C(=O)c1ccc(-n2nc(C)c(CCC(=O)OC)c2C)cc1)C1CCc2ccccc2C1. The van der Waals surface area contributed by atoms with Crippen molar-refractivity contribution in [2.75, 3.05) is 13.7 Å². The van der Waals surface area contributed by atoms with Crippen LogP contribution < -0.4 is 0 Å². The highest BCUT2D eigenvalue weighted by Gasteiger charge is 2.28. The molecule has 0 aliphatic heterocycles. The number of ether oxygens (including phenoxy) is 1. The van der Waals surface area contributed by atoms with Crippen molar-refractivity contribution in [3.8, 4) is 5.69 Å². The number of carbonyl (C=O) groups excluding carboxylic acids is 2. The molecule has 0 bridgehead atoms. The molecule has 1 heterocycles. The van der Waals surface area contributed by atoms with Gasteiger partial charge in [0.25, 0.3) is 5.91 Å². The van der Waals surface area contributed by atoms with E-state index < -0.39 is 0 Å². The summed E-state index contributed by atoms with van der Waals surface area (Å²) in [6.45, 7) is 6.85. The first-order chi connectivity index (χ1) is 16.9. The summed E-state index contributed by atoms with van der Waals surface area (Å²) in [7, 11) is 1.41. The van der Waals surface area contributed by atoms with E-state index in [1.54, 1.807) is 0 Å². The number of hydrogen-bond acceptors (Lipinski definition) is 4. The van der Waals surface area contributed by atoms with Gasteiger partial charge in [-0.3, -0.25) is 9.59 Å². The Balaban J connectivity index is 1.52. The van der Waals surface area contributed by atoms with Crippen molar-refractivity contribution < 1.29 is 14.3 Å². The van der Waals surface area contributed by atoms with E-state index in [0.717, 1.165) is 54.9 Å². The predicted molar refractivity (Wildman–Crippen MR) is 137 cm³/mol. The third-order valence-electron chi connectivity index (χ3n) is 7.09. The molecule has 1 aliphatic carbocycles. The second kappa shape index (κ2) is 10.9. The topological polar surface area (TPSA) is 64.4 Å². The van der Waals surface area contributed by atoms with Gasteiger partial charge in [-0.15, -0.1) is 0 Å². The van der Waals surface area contributed by atoms with Crippen LogP contribution in [0.15, 0.2) is 48.5 Å². The third kappa shape index (κ3) is 5.31. The number of amides is 1. The molecule has 4 rings (SSSR count). The van der Waals surface area contributed by atoms with Gasteiger partial charge in [0, 0.05) is 30.3 Å². The van der Waals surface area contributed by atoms with E-state index in [-0.39, 0.29) is 17.9 Å². The van der Waals surface area contributed by atoms with Crippen LogP contribution in [0.4, 0.5) is 0 Å². The predicted octanol–water partition coefficient (Wildman–Crippen LogP) is 5.00. The lowest BCUT2D eigenvalue weighted by Crippen LogP contribution is -2.43.